The van der Waals surface area contributed by atoms with Gasteiger partial charge in [0.1, 0.15) is 11.6 Å². The first-order valence-electron chi connectivity index (χ1n) is 10.7. The Morgan fingerprint density at radius 3 is 1.94 bits per heavy atom. The third kappa shape index (κ3) is 7.13. The molecule has 0 fully saturated rings. The van der Waals surface area contributed by atoms with Crippen molar-refractivity contribution in [3.8, 4) is 11.3 Å². The number of nitrogens with two attached hydrogens (primary N) is 1. The fourth-order valence-electron chi connectivity index (χ4n) is 2.84. The van der Waals surface area contributed by atoms with Gasteiger partial charge >= 0.3 is 0 Å². The molecule has 0 amide bonds. The average molecular weight is 458 g/mol. The molecule has 0 saturated heterocycles. The number of anilines is 1. The first kappa shape index (κ1) is 24.4. The van der Waals surface area contributed by atoms with Crippen molar-refractivity contribution in [1.82, 2.24) is 15.0 Å². The van der Waals surface area contributed by atoms with Crippen molar-refractivity contribution >= 4 is 17.7 Å². The number of aromatic nitrogens is 3. The van der Waals surface area contributed by atoms with Gasteiger partial charge in [0.2, 0.25) is 5.95 Å². The van der Waals surface area contributed by atoms with Crippen LogP contribution in [0, 0.1) is 18.6 Å². The minimum Gasteiger partial charge on any atom is -0.368 e. The summed E-state index contributed by atoms with van der Waals surface area (Å²) >= 11 is 0. The Balaban J connectivity index is 0.000000481. The summed E-state index contributed by atoms with van der Waals surface area (Å²) in [5, 5.41) is 0. The molecular formula is C27H25F2N5. The molecule has 7 heteroatoms. The molecule has 0 radical (unpaired) electrons. The van der Waals surface area contributed by atoms with Crippen molar-refractivity contribution in [2.24, 2.45) is 4.99 Å². The Labute approximate surface area is 197 Å². The van der Waals surface area contributed by atoms with Crippen molar-refractivity contribution in [2.45, 2.75) is 20.8 Å². The van der Waals surface area contributed by atoms with E-state index in [-0.39, 0.29) is 17.6 Å². The highest BCUT2D eigenvalue weighted by Crippen LogP contribution is 2.23. The maximum Gasteiger partial charge on any atom is 0.221 e. The molecule has 2 aromatic heterocycles. The molecule has 2 aromatic carbocycles. The van der Waals surface area contributed by atoms with Crippen LogP contribution in [0.25, 0.3) is 23.0 Å². The Morgan fingerprint density at radius 2 is 1.41 bits per heavy atom. The van der Waals surface area contributed by atoms with Gasteiger partial charge in [-0.3, -0.25) is 0 Å². The monoisotopic (exact) mass is 457 g/mol. The fraction of sp³-hybridized carbons (Fsp3) is 0.111. The number of halogens is 2. The Kier molecular flexibility index (Phi) is 8.29. The minimum atomic E-state index is -0.334. The van der Waals surface area contributed by atoms with Gasteiger partial charge < -0.3 is 5.73 Å². The number of aryl methyl sites for hydroxylation is 1. The van der Waals surface area contributed by atoms with E-state index in [1.54, 1.807) is 36.4 Å². The van der Waals surface area contributed by atoms with Gasteiger partial charge in [0.25, 0.3) is 0 Å². The van der Waals surface area contributed by atoms with Crippen molar-refractivity contribution in [3.05, 3.63) is 113 Å². The number of allylic oxidation sites excluding steroid dienone is 4. The number of rotatable bonds is 5. The molecular weight excluding hydrogens is 432 g/mol. The van der Waals surface area contributed by atoms with Crippen molar-refractivity contribution in [3.63, 3.8) is 0 Å². The highest BCUT2D eigenvalue weighted by molar-refractivity contribution is 5.81. The number of nitrogens with zero attached hydrogens (tertiary/aromatic N) is 4. The van der Waals surface area contributed by atoms with Crippen LogP contribution in [-0.4, -0.2) is 15.0 Å². The van der Waals surface area contributed by atoms with Crippen LogP contribution in [0.2, 0.25) is 0 Å². The van der Waals surface area contributed by atoms with E-state index in [9.17, 15) is 8.78 Å². The maximum atomic E-state index is 13.3. The molecule has 0 saturated carbocycles. The molecule has 0 aliphatic carbocycles. The largest absolute Gasteiger partial charge is 0.368 e. The quantitative estimate of drug-likeness (QED) is 0.383. The summed E-state index contributed by atoms with van der Waals surface area (Å²) in [4.78, 5) is 17.1. The lowest BCUT2D eigenvalue weighted by Gasteiger charge is -2.06. The Bertz CT molecular complexity index is 1330. The van der Waals surface area contributed by atoms with Crippen LogP contribution < -0.4 is 11.2 Å². The smallest absolute Gasteiger partial charge is 0.221 e. The second kappa shape index (κ2) is 11.6. The average Bonchev–Trinajstić information content (AvgIpc) is 3.52. The molecule has 5 nitrogen and oxygen atoms in total. The Hall–Kier alpha value is -4.26. The van der Waals surface area contributed by atoms with Gasteiger partial charge in [-0.25, -0.2) is 28.7 Å². The zero-order chi connectivity index (χ0) is 24.5. The van der Waals surface area contributed by atoms with Gasteiger partial charge in [0.05, 0.1) is 22.8 Å². The molecule has 172 valence electrons. The third-order valence-corrected chi connectivity index (χ3v) is 4.60. The number of benzene rings is 2. The Morgan fingerprint density at radius 1 is 0.853 bits per heavy atom. The molecule has 0 unspecified atom stereocenters. The van der Waals surface area contributed by atoms with Crippen LogP contribution in [0.15, 0.2) is 83.9 Å². The molecule has 4 rings (SSSR count). The van der Waals surface area contributed by atoms with Crippen LogP contribution in [0.3, 0.4) is 0 Å². The van der Waals surface area contributed by atoms with E-state index in [0.29, 0.717) is 33.7 Å². The third-order valence-electron chi connectivity index (χ3n) is 4.60. The lowest BCUT2D eigenvalue weighted by atomic mass is 10.1. The zero-order valence-corrected chi connectivity index (χ0v) is 19.2. The highest BCUT2D eigenvalue weighted by Gasteiger charge is 2.09. The van der Waals surface area contributed by atoms with Gasteiger partial charge in [-0.1, -0.05) is 24.3 Å². The van der Waals surface area contributed by atoms with Gasteiger partial charge in [-0.15, -0.1) is 0 Å². The van der Waals surface area contributed by atoms with E-state index < -0.39 is 0 Å². The lowest BCUT2D eigenvalue weighted by molar-refractivity contribution is 0.627. The molecule has 0 aliphatic rings. The fourth-order valence-corrected chi connectivity index (χ4v) is 2.84. The maximum absolute atomic E-state index is 13.3. The van der Waals surface area contributed by atoms with Gasteiger partial charge in [-0.2, -0.15) is 0 Å². The number of hydrogen-bond acceptors (Lipinski definition) is 5. The summed E-state index contributed by atoms with van der Waals surface area (Å²) < 4.78 is 26.5. The van der Waals surface area contributed by atoms with Gasteiger partial charge in [0, 0.05) is 11.1 Å². The van der Waals surface area contributed by atoms with Crippen molar-refractivity contribution in [1.29, 1.82) is 0 Å². The second-order valence-electron chi connectivity index (χ2n) is 7.26. The topological polar surface area (TPSA) is 77.0 Å². The molecule has 4 aromatic rings. The van der Waals surface area contributed by atoms with Crippen LogP contribution in [0.5, 0.6) is 0 Å². The van der Waals surface area contributed by atoms with Gasteiger partial charge in [-0.05, 0) is 81.4 Å². The molecule has 0 aliphatic heterocycles. The number of hydrogen-bond donors (Lipinski definition) is 1. The molecule has 0 atom stereocenters. The van der Waals surface area contributed by atoms with Gasteiger partial charge in [0.15, 0.2) is 5.49 Å². The summed E-state index contributed by atoms with van der Waals surface area (Å²) in [5.41, 5.74) is 10.4. The first-order chi connectivity index (χ1) is 16.4. The van der Waals surface area contributed by atoms with E-state index >= 15 is 0 Å². The van der Waals surface area contributed by atoms with E-state index in [2.05, 4.69) is 19.9 Å². The number of nitrogen functional groups attached to an aromatic ring is 1. The van der Waals surface area contributed by atoms with Crippen LogP contribution >= 0.6 is 0 Å². The predicted octanol–water partition coefficient (Wildman–Crippen LogP) is 5.82. The minimum absolute atomic E-state index is 0.0815. The summed E-state index contributed by atoms with van der Waals surface area (Å²) in [6, 6.07) is 13.7. The van der Waals surface area contributed by atoms with E-state index in [4.69, 9.17) is 5.73 Å². The molecule has 2 heterocycles. The van der Waals surface area contributed by atoms with Crippen molar-refractivity contribution in [2.75, 3.05) is 5.73 Å². The predicted molar refractivity (Wildman–Crippen MR) is 133 cm³/mol. The molecule has 0 spiro atoms. The second-order valence-corrected chi connectivity index (χ2v) is 7.26. The highest BCUT2D eigenvalue weighted by atomic mass is 19.1. The lowest BCUT2D eigenvalue weighted by Crippen LogP contribution is -1.99. The van der Waals surface area contributed by atoms with E-state index in [1.165, 1.54) is 24.3 Å². The first-order valence-corrected chi connectivity index (χ1v) is 10.7. The summed E-state index contributed by atoms with van der Waals surface area (Å²) in [5.74, 6) is -0.586. The summed E-state index contributed by atoms with van der Waals surface area (Å²) in [6.45, 7) is 5.86. The van der Waals surface area contributed by atoms with E-state index in [1.807, 2.05) is 45.1 Å². The SMILES string of the molecule is C/C=C\C=C/C.Cc1nc1=N/C(=C\c1cc(-c2ccc(F)cc2)nc(N)n1)c1ccc(F)cc1. The zero-order valence-electron chi connectivity index (χ0n) is 19.2. The summed E-state index contributed by atoms with van der Waals surface area (Å²) in [6.07, 6.45) is 9.73. The van der Waals surface area contributed by atoms with Crippen LogP contribution in [0.1, 0.15) is 30.8 Å². The standard InChI is InChI=1S/C21H15F2N5.C6H10/c1-12-20(25-12)27-18(13-2-6-15(22)7-3-13)10-17-11-19(28-21(24)26-17)14-4-8-16(23)9-5-14;1-3-5-6-4-2/h2-11H,1H3,(H2,24,26,28);3-6H,1-2H3/b18-10-,27-20?;5-3-,6-4-. The molecule has 34 heavy (non-hydrogen) atoms. The van der Waals surface area contributed by atoms with Crippen LogP contribution in [-0.2, 0) is 0 Å². The molecule has 0 bridgehead atoms. The molecule has 2 N–H and O–H groups in total. The van der Waals surface area contributed by atoms with Crippen LogP contribution in [0.4, 0.5) is 14.7 Å². The van der Waals surface area contributed by atoms with Crippen molar-refractivity contribution < 1.29 is 8.78 Å². The van der Waals surface area contributed by atoms with E-state index in [0.717, 1.165) is 5.69 Å². The summed E-state index contributed by atoms with van der Waals surface area (Å²) in [7, 11) is 0. The normalized spacial score (nSPS) is 12.5.